The van der Waals surface area contributed by atoms with Gasteiger partial charge in [0.2, 0.25) is 0 Å². The molecule has 1 aromatic rings. The molecule has 2 rings (SSSR count). The van der Waals surface area contributed by atoms with Gasteiger partial charge < -0.3 is 0 Å². The fourth-order valence-corrected chi connectivity index (χ4v) is 1.45. The minimum atomic E-state index is -0.478. The van der Waals surface area contributed by atoms with Gasteiger partial charge in [-0.1, -0.05) is 12.1 Å². The molecule has 4 nitrogen and oxygen atoms in total. The third-order valence-corrected chi connectivity index (χ3v) is 2.17. The van der Waals surface area contributed by atoms with Crippen molar-refractivity contribution >= 4 is 29.0 Å². The van der Waals surface area contributed by atoms with E-state index in [1.54, 1.807) is 18.2 Å². The smallest absolute Gasteiger partial charge is 0.293 e. The van der Waals surface area contributed by atoms with E-state index in [4.69, 9.17) is 11.6 Å². The molecule has 0 radical (unpaired) electrons. The summed E-state index contributed by atoms with van der Waals surface area (Å²) in [5.74, 6) is -0.915. The lowest BCUT2D eigenvalue weighted by atomic mass is 10.0. The quantitative estimate of drug-likeness (QED) is 0.553. The van der Waals surface area contributed by atoms with Crippen molar-refractivity contribution in [1.82, 2.24) is 0 Å². The molecule has 5 heteroatoms. The van der Waals surface area contributed by atoms with Crippen LogP contribution in [0.2, 0.25) is 0 Å². The Labute approximate surface area is 84.6 Å². The maximum atomic E-state index is 11.4. The standard InChI is InChI=1S/C9H5ClN2O2/c10-4-7(13)5-2-1-3-6-8(5)9(14)12-11-6/h1-3H,4H2. The van der Waals surface area contributed by atoms with E-state index >= 15 is 0 Å². The van der Waals surface area contributed by atoms with Crippen molar-refractivity contribution in [3.05, 3.63) is 29.3 Å². The van der Waals surface area contributed by atoms with Crippen LogP contribution in [0.1, 0.15) is 20.7 Å². The van der Waals surface area contributed by atoms with E-state index in [-0.39, 0.29) is 17.2 Å². The van der Waals surface area contributed by atoms with Crippen molar-refractivity contribution in [1.29, 1.82) is 0 Å². The van der Waals surface area contributed by atoms with Crippen LogP contribution >= 0.6 is 11.6 Å². The third kappa shape index (κ3) is 1.24. The molecule has 1 aliphatic rings. The lowest BCUT2D eigenvalue weighted by molar-refractivity contribution is 0.0977. The van der Waals surface area contributed by atoms with E-state index in [0.29, 0.717) is 11.3 Å². The molecule has 0 atom stereocenters. The Kier molecular flexibility index (Phi) is 2.13. The highest BCUT2D eigenvalue weighted by molar-refractivity contribution is 6.31. The average molecular weight is 209 g/mol. The molecule has 0 spiro atoms. The molecular formula is C9H5ClN2O2. The number of rotatable bonds is 2. The molecule has 0 aromatic heterocycles. The van der Waals surface area contributed by atoms with Gasteiger partial charge >= 0.3 is 0 Å². The lowest BCUT2D eigenvalue weighted by Gasteiger charge is -2.00. The van der Waals surface area contributed by atoms with Crippen molar-refractivity contribution in [3.63, 3.8) is 0 Å². The van der Waals surface area contributed by atoms with Gasteiger partial charge in [-0.15, -0.1) is 21.8 Å². The SMILES string of the molecule is O=C(CCl)c1cccc2c1C(=O)N=N2. The van der Waals surface area contributed by atoms with Crippen molar-refractivity contribution in [3.8, 4) is 0 Å². The minimum absolute atomic E-state index is 0.149. The van der Waals surface area contributed by atoms with Gasteiger partial charge in [-0.3, -0.25) is 9.59 Å². The second kappa shape index (κ2) is 3.31. The molecule has 0 N–H and O–H groups in total. The number of amides is 1. The molecule has 14 heavy (non-hydrogen) atoms. The van der Waals surface area contributed by atoms with Gasteiger partial charge in [-0.25, -0.2) is 0 Å². The van der Waals surface area contributed by atoms with Crippen LogP contribution in [0.15, 0.2) is 28.4 Å². The zero-order valence-corrected chi connectivity index (χ0v) is 7.78. The summed E-state index contributed by atoms with van der Waals surface area (Å²) in [6.45, 7) is 0. The monoisotopic (exact) mass is 208 g/mol. The Bertz CT molecular complexity index is 454. The third-order valence-electron chi connectivity index (χ3n) is 1.93. The molecule has 1 heterocycles. The molecule has 0 unspecified atom stereocenters. The van der Waals surface area contributed by atoms with Crippen LogP contribution in [0.4, 0.5) is 5.69 Å². The Balaban J connectivity index is 2.60. The highest BCUT2D eigenvalue weighted by Gasteiger charge is 2.23. The largest absolute Gasteiger partial charge is 0.298 e. The summed E-state index contributed by atoms with van der Waals surface area (Å²) < 4.78 is 0. The number of alkyl halides is 1. The maximum absolute atomic E-state index is 11.4. The predicted molar refractivity (Wildman–Crippen MR) is 50.3 cm³/mol. The fraction of sp³-hybridized carbons (Fsp3) is 0.111. The van der Waals surface area contributed by atoms with Gasteiger partial charge in [0.1, 0.15) is 0 Å². The second-order valence-corrected chi connectivity index (χ2v) is 3.03. The highest BCUT2D eigenvalue weighted by Crippen LogP contribution is 2.29. The van der Waals surface area contributed by atoms with Crippen molar-refractivity contribution in [2.45, 2.75) is 0 Å². The van der Waals surface area contributed by atoms with Gasteiger partial charge in [-0.2, -0.15) is 0 Å². The molecule has 0 aliphatic carbocycles. The summed E-state index contributed by atoms with van der Waals surface area (Å²) in [5.41, 5.74) is 0.997. The van der Waals surface area contributed by atoms with Crippen LogP contribution in [0.5, 0.6) is 0 Å². The number of carbonyl (C=O) groups excluding carboxylic acids is 2. The number of fused-ring (bicyclic) bond motifs is 1. The predicted octanol–water partition coefficient (Wildman–Crippen LogP) is 2.35. The summed E-state index contributed by atoms with van der Waals surface area (Å²) in [7, 11) is 0. The van der Waals surface area contributed by atoms with Crippen molar-refractivity contribution < 1.29 is 9.59 Å². The number of hydrogen-bond acceptors (Lipinski definition) is 3. The fourth-order valence-electron chi connectivity index (χ4n) is 1.30. The van der Waals surface area contributed by atoms with E-state index in [2.05, 4.69) is 10.2 Å². The zero-order valence-electron chi connectivity index (χ0n) is 7.03. The Hall–Kier alpha value is -1.55. The summed E-state index contributed by atoms with van der Waals surface area (Å²) in [6, 6.07) is 4.84. The molecule has 1 aromatic carbocycles. The number of ketones is 1. The normalized spacial score (nSPS) is 13.1. The molecule has 0 saturated heterocycles. The Morgan fingerprint density at radius 2 is 2.14 bits per heavy atom. The number of halogens is 1. The molecule has 70 valence electrons. The van der Waals surface area contributed by atoms with Crippen LogP contribution in [-0.2, 0) is 0 Å². The minimum Gasteiger partial charge on any atom is -0.293 e. The van der Waals surface area contributed by atoms with Crippen LogP contribution in [-0.4, -0.2) is 17.6 Å². The average Bonchev–Trinajstić information content (AvgIpc) is 2.59. The van der Waals surface area contributed by atoms with Crippen LogP contribution < -0.4 is 0 Å². The van der Waals surface area contributed by atoms with Crippen LogP contribution in [0.25, 0.3) is 0 Å². The van der Waals surface area contributed by atoms with E-state index in [9.17, 15) is 9.59 Å². The van der Waals surface area contributed by atoms with Gasteiger partial charge in [-0.05, 0) is 6.07 Å². The summed E-state index contributed by atoms with van der Waals surface area (Å²) in [5, 5.41) is 7.01. The Morgan fingerprint density at radius 3 is 2.86 bits per heavy atom. The van der Waals surface area contributed by atoms with Crippen molar-refractivity contribution in [2.75, 3.05) is 5.88 Å². The van der Waals surface area contributed by atoms with E-state index in [1.807, 2.05) is 0 Å². The lowest BCUT2D eigenvalue weighted by Crippen LogP contribution is -2.06. The van der Waals surface area contributed by atoms with E-state index in [0.717, 1.165) is 0 Å². The highest BCUT2D eigenvalue weighted by atomic mass is 35.5. The van der Waals surface area contributed by atoms with Crippen LogP contribution in [0.3, 0.4) is 0 Å². The number of benzene rings is 1. The molecule has 0 saturated carbocycles. The first-order valence-corrected chi connectivity index (χ1v) is 4.45. The number of nitrogens with zero attached hydrogens (tertiary/aromatic N) is 2. The van der Waals surface area contributed by atoms with E-state index in [1.165, 1.54) is 0 Å². The van der Waals surface area contributed by atoms with E-state index < -0.39 is 5.91 Å². The molecule has 0 bridgehead atoms. The first-order valence-electron chi connectivity index (χ1n) is 3.92. The molecular weight excluding hydrogens is 204 g/mol. The second-order valence-electron chi connectivity index (χ2n) is 2.76. The van der Waals surface area contributed by atoms with Gasteiger partial charge in [0.25, 0.3) is 5.91 Å². The number of azo groups is 1. The number of carbonyl (C=O) groups is 2. The summed E-state index contributed by atoms with van der Waals surface area (Å²) in [4.78, 5) is 22.6. The number of Topliss-reactive ketones (excluding diaryl/α,β-unsaturated/α-hetero) is 1. The summed E-state index contributed by atoms with van der Waals surface area (Å²) >= 11 is 5.41. The van der Waals surface area contributed by atoms with Crippen molar-refractivity contribution in [2.24, 2.45) is 10.2 Å². The first-order chi connectivity index (χ1) is 6.74. The zero-order chi connectivity index (χ0) is 10.1. The van der Waals surface area contributed by atoms with Gasteiger partial charge in [0.15, 0.2) is 5.78 Å². The summed E-state index contributed by atoms with van der Waals surface area (Å²) in [6.07, 6.45) is 0. The molecule has 1 amide bonds. The molecule has 0 fully saturated rings. The van der Waals surface area contributed by atoms with Gasteiger partial charge in [0, 0.05) is 5.56 Å². The Morgan fingerprint density at radius 1 is 1.36 bits per heavy atom. The number of hydrogen-bond donors (Lipinski definition) is 0. The van der Waals surface area contributed by atoms with Crippen LogP contribution in [0, 0.1) is 0 Å². The van der Waals surface area contributed by atoms with Gasteiger partial charge in [0.05, 0.1) is 17.1 Å². The first kappa shape index (κ1) is 9.02. The molecule has 1 aliphatic heterocycles. The topological polar surface area (TPSA) is 58.9 Å². The maximum Gasteiger partial charge on any atom is 0.298 e.